The number of methoxy groups -OCH3 is 1. The van der Waals surface area contributed by atoms with Crippen LogP contribution in [-0.4, -0.2) is 28.7 Å². The Kier molecular flexibility index (Phi) is 5.24. The summed E-state index contributed by atoms with van der Waals surface area (Å²) in [6, 6.07) is 10.5. The number of ether oxygens (including phenoxy) is 1. The first-order valence-electron chi connectivity index (χ1n) is 7.73. The molecule has 26 heavy (non-hydrogen) atoms. The highest BCUT2D eigenvalue weighted by Gasteiger charge is 2.24. The van der Waals surface area contributed by atoms with Gasteiger partial charge in [0.15, 0.2) is 0 Å². The van der Waals surface area contributed by atoms with Crippen molar-refractivity contribution < 1.29 is 19.4 Å². The summed E-state index contributed by atoms with van der Waals surface area (Å²) in [5.41, 5.74) is 2.19. The molecular formula is C19H15ClINO4. The number of carboxylic acids is 1. The molecule has 0 radical (unpaired) electrons. The number of aromatic nitrogens is 1. The molecule has 0 amide bonds. The summed E-state index contributed by atoms with van der Waals surface area (Å²) in [5.74, 6) is -0.653. The minimum atomic E-state index is -0.963. The summed E-state index contributed by atoms with van der Waals surface area (Å²) < 4.78 is 7.51. The van der Waals surface area contributed by atoms with Gasteiger partial charge < -0.3 is 9.84 Å². The van der Waals surface area contributed by atoms with Gasteiger partial charge in [-0.3, -0.25) is 14.2 Å². The third kappa shape index (κ3) is 3.19. The standard InChI is InChI=1S/C19H15ClINO4/c1-10-12(9-17(23)24)13-8-11(26-2)6-7-16(13)22(10)19(25)18-14(20)4-3-5-15(18)21/h3-8H,9H2,1-2H3,(H,23,24). The highest BCUT2D eigenvalue weighted by atomic mass is 127. The van der Waals surface area contributed by atoms with Crippen molar-refractivity contribution in [3.8, 4) is 5.75 Å². The normalized spacial score (nSPS) is 10.9. The van der Waals surface area contributed by atoms with E-state index in [1.54, 1.807) is 44.4 Å². The van der Waals surface area contributed by atoms with Gasteiger partial charge in [-0.2, -0.15) is 0 Å². The third-order valence-electron chi connectivity index (χ3n) is 4.25. The maximum atomic E-state index is 13.3. The molecule has 0 saturated heterocycles. The van der Waals surface area contributed by atoms with Crippen LogP contribution in [0.1, 0.15) is 21.6 Å². The minimum Gasteiger partial charge on any atom is -0.497 e. The molecule has 0 aliphatic heterocycles. The zero-order valence-corrected chi connectivity index (χ0v) is 17.0. The van der Waals surface area contributed by atoms with Gasteiger partial charge in [0.05, 0.1) is 29.6 Å². The summed E-state index contributed by atoms with van der Waals surface area (Å²) in [4.78, 5) is 24.6. The van der Waals surface area contributed by atoms with Crippen LogP contribution in [0, 0.1) is 10.5 Å². The number of rotatable bonds is 4. The van der Waals surface area contributed by atoms with E-state index in [2.05, 4.69) is 22.6 Å². The molecule has 0 spiro atoms. The van der Waals surface area contributed by atoms with Crippen molar-refractivity contribution in [1.82, 2.24) is 4.57 Å². The van der Waals surface area contributed by atoms with Gasteiger partial charge >= 0.3 is 5.97 Å². The molecule has 0 fully saturated rings. The van der Waals surface area contributed by atoms with Crippen molar-refractivity contribution in [3.63, 3.8) is 0 Å². The number of nitrogens with zero attached hydrogens (tertiary/aromatic N) is 1. The Labute approximate surface area is 168 Å². The van der Waals surface area contributed by atoms with E-state index in [0.29, 0.717) is 38.5 Å². The predicted octanol–water partition coefficient (Wildman–Crippen LogP) is 4.53. The molecule has 1 heterocycles. The van der Waals surface area contributed by atoms with Gasteiger partial charge in [-0.25, -0.2) is 0 Å². The van der Waals surface area contributed by atoms with Crippen LogP contribution in [0.25, 0.3) is 10.9 Å². The highest BCUT2D eigenvalue weighted by Crippen LogP contribution is 2.32. The van der Waals surface area contributed by atoms with Gasteiger partial charge in [-0.1, -0.05) is 17.7 Å². The fraction of sp³-hybridized carbons (Fsp3) is 0.158. The van der Waals surface area contributed by atoms with E-state index in [1.807, 2.05) is 6.07 Å². The maximum Gasteiger partial charge on any atom is 0.307 e. The predicted molar refractivity (Wildman–Crippen MR) is 108 cm³/mol. The molecule has 134 valence electrons. The maximum absolute atomic E-state index is 13.3. The molecule has 0 atom stereocenters. The molecule has 0 saturated carbocycles. The Hall–Kier alpha value is -2.06. The van der Waals surface area contributed by atoms with Gasteiger partial charge in [0, 0.05) is 14.7 Å². The molecule has 0 bridgehead atoms. The van der Waals surface area contributed by atoms with Crippen molar-refractivity contribution in [3.05, 3.63) is 61.8 Å². The monoisotopic (exact) mass is 483 g/mol. The van der Waals surface area contributed by atoms with Crippen LogP contribution in [0.2, 0.25) is 5.02 Å². The average Bonchev–Trinajstić information content (AvgIpc) is 2.85. The second-order valence-corrected chi connectivity index (χ2v) is 7.32. The van der Waals surface area contributed by atoms with E-state index < -0.39 is 5.97 Å². The number of benzene rings is 2. The lowest BCUT2D eigenvalue weighted by Gasteiger charge is -2.11. The van der Waals surface area contributed by atoms with Crippen LogP contribution < -0.4 is 4.74 Å². The van der Waals surface area contributed by atoms with Crippen LogP contribution in [0.5, 0.6) is 5.75 Å². The molecule has 1 N–H and O–H groups in total. The van der Waals surface area contributed by atoms with Crippen LogP contribution >= 0.6 is 34.2 Å². The topological polar surface area (TPSA) is 68.5 Å². The fourth-order valence-corrected chi connectivity index (χ4v) is 4.18. The summed E-state index contributed by atoms with van der Waals surface area (Å²) in [5, 5.41) is 10.3. The number of carboxylic acid groups (broad SMARTS) is 1. The van der Waals surface area contributed by atoms with Crippen LogP contribution in [0.4, 0.5) is 0 Å². The molecule has 3 rings (SSSR count). The van der Waals surface area contributed by atoms with E-state index in [4.69, 9.17) is 16.3 Å². The molecule has 5 nitrogen and oxygen atoms in total. The van der Waals surface area contributed by atoms with Gasteiger partial charge in [-0.05, 0) is 65.4 Å². The Bertz CT molecular complexity index is 1020. The fourth-order valence-electron chi connectivity index (χ4n) is 3.04. The van der Waals surface area contributed by atoms with E-state index in [9.17, 15) is 14.7 Å². The van der Waals surface area contributed by atoms with E-state index in [-0.39, 0.29) is 12.3 Å². The Morgan fingerprint density at radius 3 is 2.62 bits per heavy atom. The molecule has 3 aromatic rings. The summed E-state index contributed by atoms with van der Waals surface area (Å²) in [6.07, 6.45) is -0.185. The summed E-state index contributed by atoms with van der Waals surface area (Å²) >= 11 is 8.33. The lowest BCUT2D eigenvalue weighted by Crippen LogP contribution is -2.16. The molecule has 2 aromatic carbocycles. The van der Waals surface area contributed by atoms with Crippen molar-refractivity contribution in [2.45, 2.75) is 13.3 Å². The number of aliphatic carboxylic acids is 1. The number of carbonyl (C=O) groups excluding carboxylic acids is 1. The van der Waals surface area contributed by atoms with Crippen molar-refractivity contribution in [2.24, 2.45) is 0 Å². The zero-order chi connectivity index (χ0) is 19.0. The van der Waals surface area contributed by atoms with Crippen LogP contribution in [-0.2, 0) is 11.2 Å². The first-order chi connectivity index (χ1) is 12.3. The Morgan fingerprint density at radius 1 is 1.27 bits per heavy atom. The average molecular weight is 484 g/mol. The molecule has 7 heteroatoms. The SMILES string of the molecule is COc1ccc2c(c1)c(CC(=O)O)c(C)n2C(=O)c1c(Cl)cccc1I. The number of carbonyl (C=O) groups is 2. The van der Waals surface area contributed by atoms with E-state index in [0.717, 1.165) is 3.57 Å². The quantitative estimate of drug-likeness (QED) is 0.554. The van der Waals surface area contributed by atoms with Crippen molar-refractivity contribution in [2.75, 3.05) is 7.11 Å². The lowest BCUT2D eigenvalue weighted by atomic mass is 10.1. The summed E-state index contributed by atoms with van der Waals surface area (Å²) in [7, 11) is 1.54. The first-order valence-corrected chi connectivity index (χ1v) is 9.19. The van der Waals surface area contributed by atoms with Gasteiger partial charge in [0.25, 0.3) is 5.91 Å². The molecular weight excluding hydrogens is 469 g/mol. The Balaban J connectivity index is 2.31. The number of halogens is 2. The highest BCUT2D eigenvalue weighted by molar-refractivity contribution is 14.1. The van der Waals surface area contributed by atoms with Crippen molar-refractivity contribution in [1.29, 1.82) is 0 Å². The zero-order valence-electron chi connectivity index (χ0n) is 14.0. The van der Waals surface area contributed by atoms with Gasteiger partial charge in [0.2, 0.25) is 0 Å². The first kappa shape index (κ1) is 18.7. The third-order valence-corrected chi connectivity index (χ3v) is 5.46. The largest absolute Gasteiger partial charge is 0.497 e. The molecule has 0 aliphatic rings. The number of hydrogen-bond donors (Lipinski definition) is 1. The molecule has 0 unspecified atom stereocenters. The van der Waals surface area contributed by atoms with Gasteiger partial charge in [0.1, 0.15) is 5.75 Å². The van der Waals surface area contributed by atoms with Crippen molar-refractivity contribution >= 4 is 57.0 Å². The second-order valence-electron chi connectivity index (χ2n) is 5.75. The summed E-state index contributed by atoms with van der Waals surface area (Å²) in [6.45, 7) is 1.74. The smallest absolute Gasteiger partial charge is 0.307 e. The van der Waals surface area contributed by atoms with E-state index in [1.165, 1.54) is 4.57 Å². The van der Waals surface area contributed by atoms with Crippen LogP contribution in [0.3, 0.4) is 0 Å². The van der Waals surface area contributed by atoms with Crippen LogP contribution in [0.15, 0.2) is 36.4 Å². The molecule has 1 aromatic heterocycles. The second kappa shape index (κ2) is 7.28. The lowest BCUT2D eigenvalue weighted by molar-refractivity contribution is -0.136. The van der Waals surface area contributed by atoms with Gasteiger partial charge in [-0.15, -0.1) is 0 Å². The number of hydrogen-bond acceptors (Lipinski definition) is 3. The Morgan fingerprint density at radius 2 is 2.00 bits per heavy atom. The molecule has 0 aliphatic carbocycles. The van der Waals surface area contributed by atoms with E-state index >= 15 is 0 Å². The minimum absolute atomic E-state index is 0.185. The number of fused-ring (bicyclic) bond motifs is 1.